The van der Waals surface area contributed by atoms with E-state index >= 15 is 0 Å². The summed E-state index contributed by atoms with van der Waals surface area (Å²) < 4.78 is 5.20. The second kappa shape index (κ2) is 7.07. The van der Waals surface area contributed by atoms with Crippen LogP contribution in [0.25, 0.3) is 0 Å². The summed E-state index contributed by atoms with van der Waals surface area (Å²) in [6.45, 7) is 5.25. The molecule has 3 heteroatoms. The molecule has 0 bridgehead atoms. The van der Waals surface area contributed by atoms with Crippen LogP contribution in [0.4, 0.5) is 0 Å². The van der Waals surface area contributed by atoms with Gasteiger partial charge in [-0.2, -0.15) is 0 Å². The Morgan fingerprint density at radius 2 is 2.18 bits per heavy atom. The van der Waals surface area contributed by atoms with E-state index in [4.69, 9.17) is 10.5 Å². The summed E-state index contributed by atoms with van der Waals surface area (Å²) in [7, 11) is 0. The lowest BCUT2D eigenvalue weighted by Gasteiger charge is -2.07. The van der Waals surface area contributed by atoms with Crippen molar-refractivity contribution in [2.75, 3.05) is 6.61 Å². The summed E-state index contributed by atoms with van der Waals surface area (Å²) in [5.74, 6) is 0.387. The molecule has 2 N–H and O–H groups in total. The SMILES string of the molecule is CC(C)CCCOC(=O)c1cccc(CN)c1. The Morgan fingerprint density at radius 1 is 1.41 bits per heavy atom. The van der Waals surface area contributed by atoms with Gasteiger partial charge in [-0.15, -0.1) is 0 Å². The van der Waals surface area contributed by atoms with Gasteiger partial charge in [-0.05, 0) is 36.5 Å². The van der Waals surface area contributed by atoms with Crippen molar-refractivity contribution < 1.29 is 9.53 Å². The summed E-state index contributed by atoms with van der Waals surface area (Å²) in [5.41, 5.74) is 7.05. The van der Waals surface area contributed by atoms with E-state index in [9.17, 15) is 4.79 Å². The van der Waals surface area contributed by atoms with Crippen LogP contribution >= 0.6 is 0 Å². The molecule has 94 valence electrons. The van der Waals surface area contributed by atoms with Crippen LogP contribution in [0.1, 0.15) is 42.6 Å². The summed E-state index contributed by atoms with van der Waals surface area (Å²) in [6, 6.07) is 7.26. The van der Waals surface area contributed by atoms with Crippen LogP contribution in [-0.4, -0.2) is 12.6 Å². The minimum Gasteiger partial charge on any atom is -0.462 e. The highest BCUT2D eigenvalue weighted by Crippen LogP contribution is 2.08. The lowest BCUT2D eigenvalue weighted by Crippen LogP contribution is -2.08. The Labute approximate surface area is 103 Å². The Kier molecular flexibility index (Phi) is 5.70. The van der Waals surface area contributed by atoms with E-state index in [0.29, 0.717) is 24.6 Å². The number of hydrogen-bond acceptors (Lipinski definition) is 3. The first kappa shape index (κ1) is 13.7. The third kappa shape index (κ3) is 5.00. The van der Waals surface area contributed by atoms with Gasteiger partial charge in [0.25, 0.3) is 0 Å². The smallest absolute Gasteiger partial charge is 0.338 e. The van der Waals surface area contributed by atoms with Gasteiger partial charge in [-0.3, -0.25) is 0 Å². The molecule has 1 aromatic carbocycles. The molecule has 1 aromatic rings. The lowest BCUT2D eigenvalue weighted by molar-refractivity contribution is 0.0494. The molecule has 0 radical (unpaired) electrons. The maximum absolute atomic E-state index is 11.7. The highest BCUT2D eigenvalue weighted by molar-refractivity contribution is 5.89. The monoisotopic (exact) mass is 235 g/mol. The number of ether oxygens (including phenoxy) is 1. The van der Waals surface area contributed by atoms with Crippen LogP contribution in [0.3, 0.4) is 0 Å². The van der Waals surface area contributed by atoms with Crippen LogP contribution < -0.4 is 5.73 Å². The van der Waals surface area contributed by atoms with Crippen molar-refractivity contribution in [2.24, 2.45) is 11.7 Å². The van der Waals surface area contributed by atoms with E-state index < -0.39 is 0 Å². The number of esters is 1. The molecule has 1 rings (SSSR count). The van der Waals surface area contributed by atoms with Crippen LogP contribution in [-0.2, 0) is 11.3 Å². The van der Waals surface area contributed by atoms with Gasteiger partial charge in [0.2, 0.25) is 0 Å². The van der Waals surface area contributed by atoms with Gasteiger partial charge >= 0.3 is 5.97 Å². The van der Waals surface area contributed by atoms with Crippen molar-refractivity contribution in [1.29, 1.82) is 0 Å². The number of hydrogen-bond donors (Lipinski definition) is 1. The van der Waals surface area contributed by atoms with Gasteiger partial charge in [-0.1, -0.05) is 26.0 Å². The topological polar surface area (TPSA) is 52.3 Å². The van der Waals surface area contributed by atoms with Crippen molar-refractivity contribution in [3.8, 4) is 0 Å². The molecule has 0 amide bonds. The maximum atomic E-state index is 11.7. The number of carbonyl (C=O) groups excluding carboxylic acids is 1. The van der Waals surface area contributed by atoms with Crippen LogP contribution in [0.5, 0.6) is 0 Å². The minimum atomic E-state index is -0.260. The summed E-state index contributed by atoms with van der Waals surface area (Å²) in [5, 5.41) is 0. The molecule has 17 heavy (non-hydrogen) atoms. The van der Waals surface area contributed by atoms with E-state index in [2.05, 4.69) is 13.8 Å². The normalized spacial score (nSPS) is 10.6. The summed E-state index contributed by atoms with van der Waals surface area (Å²) in [4.78, 5) is 11.7. The lowest BCUT2D eigenvalue weighted by atomic mass is 10.1. The predicted molar refractivity (Wildman–Crippen MR) is 68.7 cm³/mol. The van der Waals surface area contributed by atoms with E-state index in [0.717, 1.165) is 18.4 Å². The molecule has 3 nitrogen and oxygen atoms in total. The van der Waals surface area contributed by atoms with Crippen molar-refractivity contribution in [3.63, 3.8) is 0 Å². The molecule has 0 fully saturated rings. The molecule has 0 aliphatic rings. The van der Waals surface area contributed by atoms with Crippen LogP contribution in [0, 0.1) is 5.92 Å². The number of carbonyl (C=O) groups is 1. The zero-order valence-electron chi connectivity index (χ0n) is 10.6. The Bertz CT molecular complexity index is 361. The molecular formula is C14H21NO2. The quantitative estimate of drug-likeness (QED) is 0.609. The fourth-order valence-electron chi connectivity index (χ4n) is 1.57. The van der Waals surface area contributed by atoms with Crippen molar-refractivity contribution in [1.82, 2.24) is 0 Å². The Balaban J connectivity index is 2.41. The van der Waals surface area contributed by atoms with Crippen LogP contribution in [0.2, 0.25) is 0 Å². The molecule has 0 heterocycles. The zero-order valence-corrected chi connectivity index (χ0v) is 10.6. The van der Waals surface area contributed by atoms with Gasteiger partial charge in [0.05, 0.1) is 12.2 Å². The second-order valence-corrected chi connectivity index (χ2v) is 4.58. The highest BCUT2D eigenvalue weighted by Gasteiger charge is 2.07. The molecule has 0 aliphatic heterocycles. The maximum Gasteiger partial charge on any atom is 0.338 e. The van der Waals surface area contributed by atoms with E-state index in [1.54, 1.807) is 12.1 Å². The minimum absolute atomic E-state index is 0.260. The number of nitrogens with two attached hydrogens (primary N) is 1. The van der Waals surface area contributed by atoms with Crippen molar-refractivity contribution in [3.05, 3.63) is 35.4 Å². The number of benzene rings is 1. The third-order valence-electron chi connectivity index (χ3n) is 2.56. The molecule has 0 saturated carbocycles. The summed E-state index contributed by atoms with van der Waals surface area (Å²) >= 11 is 0. The largest absolute Gasteiger partial charge is 0.462 e. The molecule has 0 aliphatic carbocycles. The first-order valence-electron chi connectivity index (χ1n) is 6.09. The Morgan fingerprint density at radius 3 is 2.82 bits per heavy atom. The predicted octanol–water partition coefficient (Wildman–Crippen LogP) is 2.74. The standard InChI is InChI=1S/C14H21NO2/c1-11(2)5-4-8-17-14(16)13-7-3-6-12(9-13)10-15/h3,6-7,9,11H,4-5,8,10,15H2,1-2H3. The second-order valence-electron chi connectivity index (χ2n) is 4.58. The molecule has 0 spiro atoms. The fraction of sp³-hybridized carbons (Fsp3) is 0.500. The van der Waals surface area contributed by atoms with E-state index in [1.165, 1.54) is 0 Å². The highest BCUT2D eigenvalue weighted by atomic mass is 16.5. The third-order valence-corrected chi connectivity index (χ3v) is 2.56. The fourth-order valence-corrected chi connectivity index (χ4v) is 1.57. The van der Waals surface area contributed by atoms with Gasteiger partial charge < -0.3 is 10.5 Å². The van der Waals surface area contributed by atoms with E-state index in [-0.39, 0.29) is 5.97 Å². The van der Waals surface area contributed by atoms with Crippen molar-refractivity contribution >= 4 is 5.97 Å². The molecule has 0 unspecified atom stereocenters. The molecular weight excluding hydrogens is 214 g/mol. The van der Waals surface area contributed by atoms with Gasteiger partial charge in [-0.25, -0.2) is 4.79 Å². The zero-order chi connectivity index (χ0) is 12.7. The Hall–Kier alpha value is -1.35. The van der Waals surface area contributed by atoms with Gasteiger partial charge in [0, 0.05) is 6.54 Å². The average molecular weight is 235 g/mol. The summed E-state index contributed by atoms with van der Waals surface area (Å²) in [6.07, 6.45) is 2.00. The van der Waals surface area contributed by atoms with E-state index in [1.807, 2.05) is 12.1 Å². The van der Waals surface area contributed by atoms with Crippen molar-refractivity contribution in [2.45, 2.75) is 33.2 Å². The van der Waals surface area contributed by atoms with Gasteiger partial charge in [0.1, 0.15) is 0 Å². The molecule has 0 aromatic heterocycles. The first-order valence-corrected chi connectivity index (χ1v) is 6.09. The van der Waals surface area contributed by atoms with Gasteiger partial charge in [0.15, 0.2) is 0 Å². The van der Waals surface area contributed by atoms with Crippen LogP contribution in [0.15, 0.2) is 24.3 Å². The first-order chi connectivity index (χ1) is 8.13. The number of rotatable bonds is 6. The molecule has 0 saturated heterocycles. The average Bonchev–Trinajstić information content (AvgIpc) is 2.34. The molecule has 0 atom stereocenters.